The molecule has 15 heavy (non-hydrogen) atoms. The number of halogens is 3. The summed E-state index contributed by atoms with van der Waals surface area (Å²) in [5.74, 6) is -0.605. The highest BCUT2D eigenvalue weighted by Gasteiger charge is 2.36. The Morgan fingerprint density at radius 3 is 2.20 bits per heavy atom. The highest BCUT2D eigenvalue weighted by Crippen LogP contribution is 2.35. The Bertz CT molecular complexity index is 481. The summed E-state index contributed by atoms with van der Waals surface area (Å²) < 4.78 is 58.6. The van der Waals surface area contributed by atoms with E-state index in [4.69, 9.17) is 5.11 Å². The normalized spacial score (nSPS) is 12.8. The molecule has 0 heterocycles. The Balaban J connectivity index is 3.55. The van der Waals surface area contributed by atoms with E-state index in [1.54, 1.807) is 0 Å². The fraction of sp³-hybridized carbons (Fsp3) is 0.143. The number of aromatic hydroxyl groups is 1. The third-order valence-electron chi connectivity index (χ3n) is 1.58. The number of hydrogen-bond acceptors (Lipinski definition) is 3. The van der Waals surface area contributed by atoms with Crippen molar-refractivity contribution in [3.8, 4) is 5.75 Å². The van der Waals surface area contributed by atoms with E-state index < -0.39 is 32.4 Å². The van der Waals surface area contributed by atoms with Crippen molar-refractivity contribution in [3.05, 3.63) is 23.8 Å². The lowest BCUT2D eigenvalue weighted by Crippen LogP contribution is -2.18. The van der Waals surface area contributed by atoms with Gasteiger partial charge in [-0.05, 0) is 12.1 Å². The first-order chi connectivity index (χ1) is 6.62. The summed E-state index contributed by atoms with van der Waals surface area (Å²) in [6.45, 7) is 0. The van der Waals surface area contributed by atoms with Crippen molar-refractivity contribution in [2.75, 3.05) is 0 Å². The highest BCUT2D eigenvalue weighted by molar-refractivity contribution is 7.89. The zero-order valence-corrected chi connectivity index (χ0v) is 7.93. The first kappa shape index (κ1) is 11.8. The largest absolute Gasteiger partial charge is 0.508 e. The van der Waals surface area contributed by atoms with Crippen LogP contribution in [0.25, 0.3) is 0 Å². The Morgan fingerprint density at radius 1 is 1.27 bits per heavy atom. The summed E-state index contributed by atoms with van der Waals surface area (Å²) in [6.07, 6.45) is -4.84. The molecule has 0 unspecified atom stereocenters. The number of rotatable bonds is 1. The van der Waals surface area contributed by atoms with E-state index in [-0.39, 0.29) is 0 Å². The van der Waals surface area contributed by atoms with Gasteiger partial charge in [-0.25, -0.2) is 13.6 Å². The van der Waals surface area contributed by atoms with Crippen LogP contribution in [-0.2, 0) is 16.2 Å². The van der Waals surface area contributed by atoms with Crippen molar-refractivity contribution in [1.82, 2.24) is 0 Å². The zero-order valence-electron chi connectivity index (χ0n) is 7.12. The first-order valence-electron chi connectivity index (χ1n) is 3.55. The van der Waals surface area contributed by atoms with Crippen molar-refractivity contribution in [2.24, 2.45) is 5.14 Å². The van der Waals surface area contributed by atoms with Crippen LogP contribution >= 0.6 is 0 Å². The molecule has 0 saturated carbocycles. The monoisotopic (exact) mass is 241 g/mol. The molecule has 0 saturated heterocycles. The van der Waals surface area contributed by atoms with Crippen LogP contribution < -0.4 is 5.14 Å². The topological polar surface area (TPSA) is 80.4 Å². The van der Waals surface area contributed by atoms with Gasteiger partial charge in [0.05, 0.1) is 10.5 Å². The summed E-state index contributed by atoms with van der Waals surface area (Å²) in [5.41, 5.74) is -1.40. The fourth-order valence-electron chi connectivity index (χ4n) is 0.981. The van der Waals surface area contributed by atoms with Gasteiger partial charge in [-0.1, -0.05) is 0 Å². The Morgan fingerprint density at radius 2 is 1.80 bits per heavy atom. The molecule has 0 aliphatic carbocycles. The average Bonchev–Trinajstić information content (AvgIpc) is 2.00. The molecule has 0 fully saturated rings. The molecule has 1 aromatic carbocycles. The van der Waals surface area contributed by atoms with Crippen LogP contribution in [0.15, 0.2) is 23.1 Å². The van der Waals surface area contributed by atoms with E-state index in [1.165, 1.54) is 0 Å². The Kier molecular flexibility index (Phi) is 2.66. The van der Waals surface area contributed by atoms with E-state index in [1.807, 2.05) is 0 Å². The summed E-state index contributed by atoms with van der Waals surface area (Å²) in [7, 11) is -4.52. The van der Waals surface area contributed by atoms with Crippen molar-refractivity contribution in [3.63, 3.8) is 0 Å². The van der Waals surface area contributed by atoms with Gasteiger partial charge in [-0.2, -0.15) is 13.2 Å². The van der Waals surface area contributed by atoms with Crippen LogP contribution in [0.2, 0.25) is 0 Å². The lowest BCUT2D eigenvalue weighted by atomic mass is 10.2. The number of benzene rings is 1. The summed E-state index contributed by atoms with van der Waals surface area (Å²) in [6, 6.07) is 1.64. The minimum Gasteiger partial charge on any atom is -0.508 e. The molecule has 4 nitrogen and oxygen atoms in total. The molecular weight excluding hydrogens is 235 g/mol. The standard InChI is InChI=1S/C7H6F3NO3S/c8-7(9,10)5-2-1-4(12)3-6(5)15(11,13)14/h1-3,12H,(H2,11,13,14). The van der Waals surface area contributed by atoms with Gasteiger partial charge in [0, 0.05) is 6.07 Å². The Hall–Kier alpha value is -1.28. The van der Waals surface area contributed by atoms with Crippen LogP contribution in [-0.4, -0.2) is 13.5 Å². The maximum Gasteiger partial charge on any atom is 0.417 e. The van der Waals surface area contributed by atoms with E-state index in [0.29, 0.717) is 12.1 Å². The van der Waals surface area contributed by atoms with Gasteiger partial charge in [-0.3, -0.25) is 0 Å². The van der Waals surface area contributed by atoms with E-state index in [2.05, 4.69) is 5.14 Å². The molecule has 0 spiro atoms. The molecule has 0 amide bonds. The second kappa shape index (κ2) is 3.38. The number of primary sulfonamides is 1. The molecule has 0 aromatic heterocycles. The highest BCUT2D eigenvalue weighted by atomic mass is 32.2. The average molecular weight is 241 g/mol. The van der Waals surface area contributed by atoms with Gasteiger partial charge in [-0.15, -0.1) is 0 Å². The molecule has 8 heteroatoms. The molecule has 0 atom stereocenters. The molecule has 84 valence electrons. The molecular formula is C7H6F3NO3S. The van der Waals surface area contributed by atoms with Gasteiger partial charge in [0.25, 0.3) is 0 Å². The van der Waals surface area contributed by atoms with Crippen LogP contribution in [0.3, 0.4) is 0 Å². The number of alkyl halides is 3. The van der Waals surface area contributed by atoms with Crippen molar-refractivity contribution < 1.29 is 26.7 Å². The molecule has 1 aromatic rings. The number of nitrogens with two attached hydrogens (primary N) is 1. The molecule has 0 aliphatic heterocycles. The maximum absolute atomic E-state index is 12.3. The van der Waals surface area contributed by atoms with E-state index in [9.17, 15) is 21.6 Å². The number of hydrogen-bond donors (Lipinski definition) is 2. The molecule has 0 radical (unpaired) electrons. The SMILES string of the molecule is NS(=O)(=O)c1cc(O)ccc1C(F)(F)F. The van der Waals surface area contributed by atoms with Gasteiger partial charge in [0.15, 0.2) is 0 Å². The van der Waals surface area contributed by atoms with Gasteiger partial charge in [0.1, 0.15) is 5.75 Å². The van der Waals surface area contributed by atoms with Crippen molar-refractivity contribution in [2.45, 2.75) is 11.1 Å². The maximum atomic E-state index is 12.3. The second-order valence-corrected chi connectivity index (χ2v) is 4.25. The molecule has 0 bridgehead atoms. The molecule has 1 rings (SSSR count). The second-order valence-electron chi connectivity index (χ2n) is 2.72. The Labute approximate surface area is 83.2 Å². The molecule has 3 N–H and O–H groups in total. The first-order valence-corrected chi connectivity index (χ1v) is 5.10. The van der Waals surface area contributed by atoms with Gasteiger partial charge in [0.2, 0.25) is 10.0 Å². The van der Waals surface area contributed by atoms with Crippen LogP contribution in [0.5, 0.6) is 5.75 Å². The van der Waals surface area contributed by atoms with E-state index >= 15 is 0 Å². The summed E-state index contributed by atoms with van der Waals surface area (Å²) in [4.78, 5) is -1.14. The van der Waals surface area contributed by atoms with Crippen LogP contribution in [0.4, 0.5) is 13.2 Å². The van der Waals surface area contributed by atoms with Crippen molar-refractivity contribution >= 4 is 10.0 Å². The van der Waals surface area contributed by atoms with Crippen molar-refractivity contribution in [1.29, 1.82) is 0 Å². The lowest BCUT2D eigenvalue weighted by molar-refractivity contribution is -0.139. The predicted molar refractivity (Wildman–Crippen MR) is 44.5 cm³/mol. The van der Waals surface area contributed by atoms with Gasteiger partial charge >= 0.3 is 6.18 Å². The van der Waals surface area contributed by atoms with Crippen LogP contribution in [0.1, 0.15) is 5.56 Å². The number of sulfonamides is 1. The quantitative estimate of drug-likeness (QED) is 0.771. The predicted octanol–water partition coefficient (Wildman–Crippen LogP) is 1.06. The third kappa shape index (κ3) is 2.60. The minimum atomic E-state index is -4.84. The fourth-order valence-corrected chi connectivity index (χ4v) is 1.76. The minimum absolute atomic E-state index is 0.453. The number of phenolic OH excluding ortho intramolecular Hbond substituents is 1. The lowest BCUT2D eigenvalue weighted by Gasteiger charge is -2.11. The zero-order chi connectivity index (χ0) is 11.9. The molecule has 0 aliphatic rings. The third-order valence-corrected chi connectivity index (χ3v) is 2.53. The van der Waals surface area contributed by atoms with E-state index in [0.717, 1.165) is 6.07 Å². The summed E-state index contributed by atoms with van der Waals surface area (Å²) in [5, 5.41) is 13.5. The van der Waals surface area contributed by atoms with Crippen LogP contribution in [0, 0.1) is 0 Å². The number of phenols is 1. The summed E-state index contributed by atoms with van der Waals surface area (Å²) >= 11 is 0. The smallest absolute Gasteiger partial charge is 0.417 e. The van der Waals surface area contributed by atoms with Gasteiger partial charge < -0.3 is 5.11 Å².